The summed E-state index contributed by atoms with van der Waals surface area (Å²) < 4.78 is 5.07. The Kier molecular flexibility index (Phi) is 3.86. The van der Waals surface area contributed by atoms with Gasteiger partial charge in [-0.1, -0.05) is 31.4 Å². The van der Waals surface area contributed by atoms with Crippen molar-refractivity contribution in [3.63, 3.8) is 0 Å². The third kappa shape index (κ3) is 2.56. The quantitative estimate of drug-likeness (QED) is 0.698. The molecule has 78 valence electrons. The number of nitrogens with zero attached hydrogens (tertiary/aromatic N) is 1. The molecule has 15 heavy (non-hydrogen) atoms. The molecule has 0 atom stereocenters. The Hall–Kier alpha value is -1.83. The van der Waals surface area contributed by atoms with E-state index in [2.05, 4.69) is 18.1 Å². The third-order valence-corrected chi connectivity index (χ3v) is 2.14. The molecule has 0 saturated heterocycles. The molecule has 2 nitrogen and oxygen atoms in total. The van der Waals surface area contributed by atoms with Crippen molar-refractivity contribution in [2.45, 2.75) is 6.92 Å². The number of aromatic nitrogens is 1. The second kappa shape index (κ2) is 5.15. The first-order chi connectivity index (χ1) is 7.22. The minimum Gasteiger partial charge on any atom is -0.481 e. The van der Waals surface area contributed by atoms with Crippen LogP contribution in [-0.2, 0) is 0 Å². The van der Waals surface area contributed by atoms with E-state index in [-0.39, 0.29) is 0 Å². The standard InChI is InChI=1S/C13H15NO/c1-5-10(3)11(6-2)12-8-7-9-13(14-12)15-4/h5-9H,1-2H2,3-4H3/b11-10+. The van der Waals surface area contributed by atoms with Crippen LogP contribution in [0.15, 0.2) is 49.1 Å². The lowest BCUT2D eigenvalue weighted by Gasteiger charge is -2.06. The van der Waals surface area contributed by atoms with Crippen LogP contribution in [0, 0.1) is 0 Å². The van der Waals surface area contributed by atoms with E-state index in [4.69, 9.17) is 4.74 Å². The number of allylic oxidation sites excluding steroid dienone is 4. The maximum Gasteiger partial charge on any atom is 0.213 e. The molecular weight excluding hydrogens is 186 g/mol. The maximum atomic E-state index is 5.07. The largest absolute Gasteiger partial charge is 0.481 e. The Morgan fingerprint density at radius 3 is 2.60 bits per heavy atom. The van der Waals surface area contributed by atoms with Crippen molar-refractivity contribution in [2.75, 3.05) is 7.11 Å². The predicted octanol–water partition coefficient (Wildman–Crippen LogP) is 3.24. The zero-order chi connectivity index (χ0) is 11.3. The second-order valence-corrected chi connectivity index (χ2v) is 3.07. The van der Waals surface area contributed by atoms with E-state index in [1.54, 1.807) is 19.3 Å². The monoisotopic (exact) mass is 201 g/mol. The van der Waals surface area contributed by atoms with Crippen molar-refractivity contribution >= 4 is 5.57 Å². The highest BCUT2D eigenvalue weighted by atomic mass is 16.5. The van der Waals surface area contributed by atoms with Gasteiger partial charge in [-0.2, -0.15) is 0 Å². The summed E-state index contributed by atoms with van der Waals surface area (Å²) in [6, 6.07) is 5.64. The average molecular weight is 201 g/mol. The van der Waals surface area contributed by atoms with Crippen molar-refractivity contribution in [3.8, 4) is 5.88 Å². The summed E-state index contributed by atoms with van der Waals surface area (Å²) in [5.74, 6) is 0.601. The van der Waals surface area contributed by atoms with Crippen LogP contribution in [0.4, 0.5) is 0 Å². The van der Waals surface area contributed by atoms with E-state index < -0.39 is 0 Å². The second-order valence-electron chi connectivity index (χ2n) is 3.07. The van der Waals surface area contributed by atoms with Gasteiger partial charge in [0.2, 0.25) is 5.88 Å². The van der Waals surface area contributed by atoms with Crippen molar-refractivity contribution in [2.24, 2.45) is 0 Å². The number of hydrogen-bond acceptors (Lipinski definition) is 2. The zero-order valence-electron chi connectivity index (χ0n) is 9.16. The highest BCUT2D eigenvalue weighted by Gasteiger charge is 2.03. The van der Waals surface area contributed by atoms with Crippen molar-refractivity contribution < 1.29 is 4.74 Å². The zero-order valence-corrected chi connectivity index (χ0v) is 9.16. The lowest BCUT2D eigenvalue weighted by Crippen LogP contribution is -1.93. The molecule has 0 aliphatic carbocycles. The summed E-state index contributed by atoms with van der Waals surface area (Å²) in [5.41, 5.74) is 2.87. The molecule has 1 aromatic heterocycles. The molecule has 0 spiro atoms. The fourth-order valence-electron chi connectivity index (χ4n) is 1.26. The Morgan fingerprint density at radius 2 is 2.07 bits per heavy atom. The van der Waals surface area contributed by atoms with E-state index in [0.29, 0.717) is 5.88 Å². The highest BCUT2D eigenvalue weighted by molar-refractivity contribution is 5.75. The van der Waals surface area contributed by atoms with Gasteiger partial charge in [0.25, 0.3) is 0 Å². The van der Waals surface area contributed by atoms with Gasteiger partial charge in [0.1, 0.15) is 0 Å². The fraction of sp³-hybridized carbons (Fsp3) is 0.154. The van der Waals surface area contributed by atoms with Crippen molar-refractivity contribution in [1.82, 2.24) is 4.98 Å². The Balaban J connectivity index is 3.24. The molecule has 1 rings (SSSR count). The molecule has 0 saturated carbocycles. The summed E-state index contributed by atoms with van der Waals surface area (Å²) in [4.78, 5) is 4.33. The molecule has 0 aliphatic heterocycles. The maximum absolute atomic E-state index is 5.07. The summed E-state index contributed by atoms with van der Waals surface area (Å²) in [6.07, 6.45) is 3.57. The first kappa shape index (κ1) is 11.2. The van der Waals surface area contributed by atoms with Crippen LogP contribution in [0.3, 0.4) is 0 Å². The van der Waals surface area contributed by atoms with E-state index in [0.717, 1.165) is 16.8 Å². The summed E-state index contributed by atoms with van der Waals surface area (Å²) in [7, 11) is 1.60. The van der Waals surface area contributed by atoms with E-state index in [9.17, 15) is 0 Å². The van der Waals surface area contributed by atoms with Crippen molar-refractivity contribution in [1.29, 1.82) is 0 Å². The summed E-state index contributed by atoms with van der Waals surface area (Å²) in [6.45, 7) is 9.49. The van der Waals surface area contributed by atoms with Gasteiger partial charge in [-0.25, -0.2) is 4.98 Å². The minimum atomic E-state index is 0.601. The van der Waals surface area contributed by atoms with Crippen LogP contribution in [0.2, 0.25) is 0 Å². The predicted molar refractivity (Wildman–Crippen MR) is 63.8 cm³/mol. The van der Waals surface area contributed by atoms with Gasteiger partial charge in [0.15, 0.2) is 0 Å². The van der Waals surface area contributed by atoms with Crippen LogP contribution in [0.1, 0.15) is 12.6 Å². The van der Waals surface area contributed by atoms with Gasteiger partial charge >= 0.3 is 0 Å². The number of hydrogen-bond donors (Lipinski definition) is 0. The van der Waals surface area contributed by atoms with Crippen LogP contribution in [-0.4, -0.2) is 12.1 Å². The molecule has 0 aliphatic rings. The lowest BCUT2D eigenvalue weighted by atomic mass is 10.1. The number of pyridine rings is 1. The van der Waals surface area contributed by atoms with Gasteiger partial charge in [-0.3, -0.25) is 0 Å². The third-order valence-electron chi connectivity index (χ3n) is 2.14. The first-order valence-electron chi connectivity index (χ1n) is 4.70. The Bertz CT molecular complexity index is 405. The molecule has 1 aromatic rings. The SMILES string of the molecule is C=C/C(C)=C(\C=C)c1cccc(OC)n1. The normalized spacial score (nSPS) is 11.6. The first-order valence-corrected chi connectivity index (χ1v) is 4.70. The average Bonchev–Trinajstić information content (AvgIpc) is 2.30. The van der Waals surface area contributed by atoms with Crippen LogP contribution < -0.4 is 4.74 Å². The summed E-state index contributed by atoms with van der Waals surface area (Å²) >= 11 is 0. The number of methoxy groups -OCH3 is 1. The molecule has 0 amide bonds. The number of rotatable bonds is 4. The molecule has 1 heterocycles. The molecule has 0 aromatic carbocycles. The molecule has 0 unspecified atom stereocenters. The topological polar surface area (TPSA) is 22.1 Å². The Morgan fingerprint density at radius 1 is 1.33 bits per heavy atom. The van der Waals surface area contributed by atoms with E-state index in [1.165, 1.54) is 0 Å². The van der Waals surface area contributed by atoms with E-state index in [1.807, 2.05) is 25.1 Å². The minimum absolute atomic E-state index is 0.601. The van der Waals surface area contributed by atoms with Gasteiger partial charge in [0.05, 0.1) is 12.8 Å². The lowest BCUT2D eigenvalue weighted by molar-refractivity contribution is 0.397. The molecule has 0 fully saturated rings. The van der Waals surface area contributed by atoms with Crippen LogP contribution >= 0.6 is 0 Å². The Labute approximate surface area is 90.6 Å². The van der Waals surface area contributed by atoms with Gasteiger partial charge in [0, 0.05) is 11.6 Å². The number of ether oxygens (including phenoxy) is 1. The van der Waals surface area contributed by atoms with Crippen LogP contribution in [0.5, 0.6) is 5.88 Å². The van der Waals surface area contributed by atoms with E-state index >= 15 is 0 Å². The molecule has 0 N–H and O–H groups in total. The molecule has 2 heteroatoms. The van der Waals surface area contributed by atoms with Crippen LogP contribution in [0.25, 0.3) is 5.57 Å². The molecular formula is C13H15NO. The smallest absolute Gasteiger partial charge is 0.213 e. The fourth-order valence-corrected chi connectivity index (χ4v) is 1.26. The summed E-state index contributed by atoms with van der Waals surface area (Å²) in [5, 5.41) is 0. The van der Waals surface area contributed by atoms with Gasteiger partial charge in [-0.15, -0.1) is 0 Å². The van der Waals surface area contributed by atoms with Gasteiger partial charge < -0.3 is 4.74 Å². The van der Waals surface area contributed by atoms with Gasteiger partial charge in [-0.05, 0) is 18.6 Å². The molecule has 0 radical (unpaired) electrons. The molecule has 0 bridgehead atoms. The highest BCUT2D eigenvalue weighted by Crippen LogP contribution is 2.20. The van der Waals surface area contributed by atoms with Crippen molar-refractivity contribution in [3.05, 3.63) is 54.8 Å².